The SMILES string of the molecule is COCCN1CCC(NC(=NCc2nnc(C)n2C)NC2CCCC2)CC1.I. The van der Waals surface area contributed by atoms with Gasteiger partial charge >= 0.3 is 0 Å². The Bertz CT molecular complexity index is 607. The lowest BCUT2D eigenvalue weighted by Gasteiger charge is -2.33. The van der Waals surface area contributed by atoms with E-state index in [1.165, 1.54) is 25.7 Å². The van der Waals surface area contributed by atoms with E-state index in [2.05, 4.69) is 25.7 Å². The number of hydrogen-bond acceptors (Lipinski definition) is 5. The number of aromatic nitrogens is 3. The second-order valence-electron chi connectivity index (χ2n) is 7.77. The third-order valence-corrected chi connectivity index (χ3v) is 5.80. The number of ether oxygens (including phenoxy) is 1. The summed E-state index contributed by atoms with van der Waals surface area (Å²) in [6.45, 7) is 6.57. The third-order valence-electron chi connectivity index (χ3n) is 5.80. The van der Waals surface area contributed by atoms with E-state index in [1.54, 1.807) is 7.11 Å². The van der Waals surface area contributed by atoms with Gasteiger partial charge in [-0.2, -0.15) is 0 Å². The van der Waals surface area contributed by atoms with Crippen LogP contribution in [0.15, 0.2) is 4.99 Å². The first-order valence-corrected chi connectivity index (χ1v) is 10.3. The Morgan fingerprint density at radius 2 is 1.75 bits per heavy atom. The Hall–Kier alpha value is -0.940. The molecular weight excluding hydrogens is 469 g/mol. The first kappa shape index (κ1) is 23.3. The number of halogens is 1. The van der Waals surface area contributed by atoms with Gasteiger partial charge in [0.25, 0.3) is 0 Å². The molecule has 2 fully saturated rings. The van der Waals surface area contributed by atoms with Crippen LogP contribution < -0.4 is 10.6 Å². The highest BCUT2D eigenvalue weighted by Gasteiger charge is 2.22. The van der Waals surface area contributed by atoms with Gasteiger partial charge < -0.3 is 24.8 Å². The van der Waals surface area contributed by atoms with Crippen molar-refractivity contribution >= 4 is 29.9 Å². The highest BCUT2D eigenvalue weighted by Crippen LogP contribution is 2.18. The van der Waals surface area contributed by atoms with Crippen molar-refractivity contribution in [3.63, 3.8) is 0 Å². The van der Waals surface area contributed by atoms with Crippen LogP contribution in [0.5, 0.6) is 0 Å². The fourth-order valence-electron chi connectivity index (χ4n) is 3.85. The zero-order chi connectivity index (χ0) is 19.1. The van der Waals surface area contributed by atoms with Gasteiger partial charge in [-0.3, -0.25) is 0 Å². The Morgan fingerprint density at radius 1 is 1.11 bits per heavy atom. The lowest BCUT2D eigenvalue weighted by molar-refractivity contribution is 0.128. The molecule has 2 N–H and O–H groups in total. The summed E-state index contributed by atoms with van der Waals surface area (Å²) in [5.41, 5.74) is 0. The quantitative estimate of drug-likeness (QED) is 0.335. The van der Waals surface area contributed by atoms with Crippen molar-refractivity contribution in [2.24, 2.45) is 12.0 Å². The predicted molar refractivity (Wildman–Crippen MR) is 122 cm³/mol. The molecule has 1 saturated carbocycles. The van der Waals surface area contributed by atoms with Crippen molar-refractivity contribution < 1.29 is 4.74 Å². The molecule has 0 unspecified atom stereocenters. The normalized spacial score (nSPS) is 19.6. The lowest BCUT2D eigenvalue weighted by Crippen LogP contribution is -2.50. The lowest BCUT2D eigenvalue weighted by atomic mass is 10.1. The third kappa shape index (κ3) is 6.84. The molecule has 28 heavy (non-hydrogen) atoms. The predicted octanol–water partition coefficient (Wildman–Crippen LogP) is 1.83. The van der Waals surface area contributed by atoms with Gasteiger partial charge in [-0.25, -0.2) is 4.99 Å². The topological polar surface area (TPSA) is 79.6 Å². The molecule has 1 aromatic heterocycles. The number of nitrogens with zero attached hydrogens (tertiary/aromatic N) is 5. The average Bonchev–Trinajstić information content (AvgIpc) is 3.30. The van der Waals surface area contributed by atoms with Gasteiger partial charge in [-0.15, -0.1) is 34.2 Å². The monoisotopic (exact) mass is 505 g/mol. The minimum atomic E-state index is 0. The summed E-state index contributed by atoms with van der Waals surface area (Å²) < 4.78 is 7.20. The summed E-state index contributed by atoms with van der Waals surface area (Å²) >= 11 is 0. The number of hydrogen-bond donors (Lipinski definition) is 2. The molecule has 1 aromatic rings. The fourth-order valence-corrected chi connectivity index (χ4v) is 3.85. The van der Waals surface area contributed by atoms with Crippen molar-refractivity contribution in [1.82, 2.24) is 30.3 Å². The van der Waals surface area contributed by atoms with Crippen LogP contribution in [-0.4, -0.2) is 71.1 Å². The van der Waals surface area contributed by atoms with Crippen molar-refractivity contribution in [3.05, 3.63) is 11.6 Å². The Labute approximate surface area is 185 Å². The molecule has 2 aliphatic rings. The van der Waals surface area contributed by atoms with Gasteiger partial charge in [0.1, 0.15) is 12.4 Å². The number of nitrogens with one attached hydrogen (secondary N) is 2. The number of methoxy groups -OCH3 is 1. The summed E-state index contributed by atoms with van der Waals surface area (Å²) in [4.78, 5) is 7.31. The van der Waals surface area contributed by atoms with Crippen LogP contribution in [0.2, 0.25) is 0 Å². The minimum absolute atomic E-state index is 0. The van der Waals surface area contributed by atoms with Crippen molar-refractivity contribution in [2.75, 3.05) is 33.4 Å². The Kier molecular flexibility index (Phi) is 9.93. The minimum Gasteiger partial charge on any atom is -0.383 e. The van der Waals surface area contributed by atoms with E-state index in [-0.39, 0.29) is 24.0 Å². The van der Waals surface area contributed by atoms with Crippen LogP contribution in [0.25, 0.3) is 0 Å². The number of piperidine rings is 1. The van der Waals surface area contributed by atoms with Crippen molar-refractivity contribution in [2.45, 2.75) is 64.1 Å². The van der Waals surface area contributed by atoms with Gasteiger partial charge in [0.15, 0.2) is 11.8 Å². The van der Waals surface area contributed by atoms with Gasteiger partial charge in [0.2, 0.25) is 0 Å². The van der Waals surface area contributed by atoms with Crippen LogP contribution in [0.4, 0.5) is 0 Å². The molecule has 1 aliphatic carbocycles. The smallest absolute Gasteiger partial charge is 0.192 e. The van der Waals surface area contributed by atoms with E-state index in [4.69, 9.17) is 9.73 Å². The molecule has 1 saturated heterocycles. The maximum Gasteiger partial charge on any atom is 0.192 e. The van der Waals surface area contributed by atoms with Gasteiger partial charge in [-0.1, -0.05) is 12.8 Å². The molecule has 0 atom stereocenters. The van der Waals surface area contributed by atoms with Crippen LogP contribution in [0, 0.1) is 6.92 Å². The Balaban J connectivity index is 0.00000280. The molecule has 8 nitrogen and oxygen atoms in total. The number of rotatable bonds is 7. The molecular formula is C19H36IN7O. The number of guanidine groups is 1. The van der Waals surface area contributed by atoms with E-state index in [0.29, 0.717) is 18.6 Å². The van der Waals surface area contributed by atoms with E-state index in [0.717, 1.165) is 56.7 Å². The zero-order valence-corrected chi connectivity index (χ0v) is 19.8. The maximum atomic E-state index is 5.20. The molecule has 0 spiro atoms. The summed E-state index contributed by atoms with van der Waals surface area (Å²) in [5.74, 6) is 2.74. The first-order valence-electron chi connectivity index (χ1n) is 10.3. The van der Waals surface area contributed by atoms with Gasteiger partial charge in [-0.05, 0) is 32.6 Å². The average molecular weight is 505 g/mol. The summed E-state index contributed by atoms with van der Waals surface area (Å²) in [6.07, 6.45) is 7.37. The molecule has 2 heterocycles. The molecule has 0 amide bonds. The van der Waals surface area contributed by atoms with Crippen molar-refractivity contribution in [3.8, 4) is 0 Å². The molecule has 160 valence electrons. The van der Waals surface area contributed by atoms with Crippen LogP contribution in [0.3, 0.4) is 0 Å². The first-order chi connectivity index (χ1) is 13.2. The summed E-state index contributed by atoms with van der Waals surface area (Å²) in [7, 11) is 3.76. The zero-order valence-electron chi connectivity index (χ0n) is 17.5. The highest BCUT2D eigenvalue weighted by molar-refractivity contribution is 14.0. The molecule has 0 radical (unpaired) electrons. The van der Waals surface area contributed by atoms with Crippen LogP contribution >= 0.6 is 24.0 Å². The van der Waals surface area contributed by atoms with E-state index in [1.807, 2.05) is 18.5 Å². The molecule has 9 heteroatoms. The maximum absolute atomic E-state index is 5.20. The fraction of sp³-hybridized carbons (Fsp3) is 0.842. The van der Waals surface area contributed by atoms with E-state index >= 15 is 0 Å². The summed E-state index contributed by atoms with van der Waals surface area (Å²) in [6, 6.07) is 1.01. The molecule has 0 bridgehead atoms. The van der Waals surface area contributed by atoms with Crippen LogP contribution in [0.1, 0.15) is 50.2 Å². The second kappa shape index (κ2) is 11.9. The van der Waals surface area contributed by atoms with E-state index in [9.17, 15) is 0 Å². The van der Waals surface area contributed by atoms with Gasteiger partial charge in [0.05, 0.1) is 6.61 Å². The Morgan fingerprint density at radius 3 is 2.32 bits per heavy atom. The molecule has 1 aliphatic heterocycles. The van der Waals surface area contributed by atoms with Gasteiger partial charge in [0, 0.05) is 45.9 Å². The number of aryl methyl sites for hydroxylation is 1. The van der Waals surface area contributed by atoms with Crippen LogP contribution in [-0.2, 0) is 18.3 Å². The summed E-state index contributed by atoms with van der Waals surface area (Å²) in [5, 5.41) is 15.7. The van der Waals surface area contributed by atoms with Crippen molar-refractivity contribution in [1.29, 1.82) is 0 Å². The second-order valence-corrected chi connectivity index (χ2v) is 7.77. The highest BCUT2D eigenvalue weighted by atomic mass is 127. The largest absolute Gasteiger partial charge is 0.383 e. The number of aliphatic imine (C=N–C) groups is 1. The molecule has 0 aromatic carbocycles. The standard InChI is InChI=1S/C19H35N7O.HI/c1-15-23-24-18(25(15)2)14-20-19(21-16-6-4-5-7-16)22-17-8-10-26(11-9-17)12-13-27-3;/h16-17H,4-14H2,1-3H3,(H2,20,21,22);1H. The molecule has 3 rings (SSSR count). The number of likely N-dealkylation sites (tertiary alicyclic amines) is 1. The van der Waals surface area contributed by atoms with E-state index < -0.39 is 0 Å².